The van der Waals surface area contributed by atoms with Crippen molar-refractivity contribution in [3.8, 4) is 6.07 Å². The van der Waals surface area contributed by atoms with Crippen molar-refractivity contribution in [3.63, 3.8) is 0 Å². The van der Waals surface area contributed by atoms with Gasteiger partial charge in [-0.3, -0.25) is 4.21 Å². The predicted octanol–water partition coefficient (Wildman–Crippen LogP) is 3.71. The summed E-state index contributed by atoms with van der Waals surface area (Å²) in [5, 5.41) is 20.7. The third kappa shape index (κ3) is 4.78. The van der Waals surface area contributed by atoms with E-state index in [-0.39, 0.29) is 5.75 Å². The summed E-state index contributed by atoms with van der Waals surface area (Å²) in [6.07, 6.45) is 3.45. The molecular weight excluding hydrogens is 376 g/mol. The van der Waals surface area contributed by atoms with E-state index in [2.05, 4.69) is 11.1 Å². The van der Waals surface area contributed by atoms with Gasteiger partial charge in [0.25, 0.3) is 0 Å². The molecule has 0 aliphatic heterocycles. The number of benzene rings is 1. The predicted molar refractivity (Wildman–Crippen MR) is 110 cm³/mol. The summed E-state index contributed by atoms with van der Waals surface area (Å²) in [6, 6.07) is 9.85. The maximum absolute atomic E-state index is 12.4. The first-order valence-corrected chi connectivity index (χ1v) is 11.5. The second kappa shape index (κ2) is 9.01. The number of aliphatic hydroxyl groups excluding tert-OH is 1. The molecule has 4 nitrogen and oxygen atoms in total. The topological polar surface area (TPSA) is 74.0 Å². The van der Waals surface area contributed by atoms with Crippen molar-refractivity contribution in [2.24, 2.45) is 0 Å². The Morgan fingerprint density at radius 3 is 2.56 bits per heavy atom. The van der Waals surface area contributed by atoms with Crippen LogP contribution in [0.25, 0.3) is 0 Å². The van der Waals surface area contributed by atoms with Crippen LogP contribution in [0.5, 0.6) is 0 Å². The second-order valence-corrected chi connectivity index (χ2v) is 9.45. The summed E-state index contributed by atoms with van der Waals surface area (Å²) in [6.45, 7) is 3.98. The van der Waals surface area contributed by atoms with Crippen molar-refractivity contribution >= 4 is 22.6 Å². The highest BCUT2D eigenvalue weighted by molar-refractivity contribution is 7.99. The lowest BCUT2D eigenvalue weighted by atomic mass is 9.88. The molecule has 1 N–H and O–H groups in total. The number of nitriles is 1. The Kier molecular flexibility index (Phi) is 6.69. The fourth-order valence-electron chi connectivity index (χ4n) is 3.39. The number of aryl methyl sites for hydroxylation is 2. The van der Waals surface area contributed by atoms with Crippen molar-refractivity contribution in [2.45, 2.75) is 55.6 Å². The van der Waals surface area contributed by atoms with Crippen LogP contribution in [-0.4, -0.2) is 31.9 Å². The highest BCUT2D eigenvalue weighted by Crippen LogP contribution is 2.32. The zero-order chi connectivity index (χ0) is 19.4. The molecule has 0 fully saturated rings. The van der Waals surface area contributed by atoms with E-state index in [1.54, 1.807) is 0 Å². The molecule has 1 aromatic carbocycles. The molecule has 2 aromatic rings. The SMILES string of the molecule is Cc1ccc([S@](=O)C[C@H](O)CSc2nc(C)c3c(c2C#N)CCCC3)cc1. The number of aliphatic hydroxyl groups is 1. The fraction of sp³-hybridized carbons (Fsp3) is 0.429. The van der Waals surface area contributed by atoms with Crippen LogP contribution < -0.4 is 0 Å². The molecule has 2 atom stereocenters. The highest BCUT2D eigenvalue weighted by Gasteiger charge is 2.21. The summed E-state index contributed by atoms with van der Waals surface area (Å²) in [7, 11) is -1.24. The third-order valence-corrected chi connectivity index (χ3v) is 7.45. The molecule has 1 aliphatic rings. The normalized spacial score (nSPS) is 15.6. The summed E-state index contributed by atoms with van der Waals surface area (Å²) < 4.78 is 12.4. The first-order chi connectivity index (χ1) is 13.0. The Hall–Kier alpha value is -1.68. The average Bonchev–Trinajstić information content (AvgIpc) is 2.67. The quantitative estimate of drug-likeness (QED) is 0.748. The van der Waals surface area contributed by atoms with Crippen LogP contribution >= 0.6 is 11.8 Å². The standard InChI is InChI=1S/C21H24N2O2S2/c1-14-7-9-17(10-8-14)27(25)13-16(24)12-26-21-20(11-22)19-6-4-3-5-18(19)15(2)23-21/h7-10,16,24H,3-6,12-13H2,1-2H3/t16-,27-/m1/s1. The molecule has 0 unspecified atom stereocenters. The molecule has 0 saturated carbocycles. The summed E-state index contributed by atoms with van der Waals surface area (Å²) in [5.41, 5.74) is 5.13. The molecule has 3 rings (SSSR count). The summed E-state index contributed by atoms with van der Waals surface area (Å²) >= 11 is 1.39. The van der Waals surface area contributed by atoms with Crippen LogP contribution in [0.15, 0.2) is 34.2 Å². The number of pyridine rings is 1. The van der Waals surface area contributed by atoms with Gasteiger partial charge in [-0.25, -0.2) is 4.98 Å². The molecule has 0 saturated heterocycles. The molecule has 6 heteroatoms. The van der Waals surface area contributed by atoms with Gasteiger partial charge in [0.1, 0.15) is 11.1 Å². The van der Waals surface area contributed by atoms with E-state index in [0.29, 0.717) is 16.3 Å². The zero-order valence-corrected chi connectivity index (χ0v) is 17.3. The number of fused-ring (bicyclic) bond motifs is 1. The highest BCUT2D eigenvalue weighted by atomic mass is 32.2. The first-order valence-electron chi connectivity index (χ1n) is 9.18. The number of rotatable bonds is 6. The maximum Gasteiger partial charge on any atom is 0.114 e. The van der Waals surface area contributed by atoms with Crippen LogP contribution in [0.1, 0.15) is 40.8 Å². The molecule has 0 spiro atoms. The molecule has 1 aromatic heterocycles. The summed E-state index contributed by atoms with van der Waals surface area (Å²) in [4.78, 5) is 5.36. The lowest BCUT2D eigenvalue weighted by Crippen LogP contribution is -2.20. The van der Waals surface area contributed by atoms with E-state index in [1.807, 2.05) is 38.1 Å². The number of thioether (sulfide) groups is 1. The third-order valence-electron chi connectivity index (χ3n) is 4.84. The Bertz CT molecular complexity index is 889. The molecule has 1 aliphatic carbocycles. The van der Waals surface area contributed by atoms with Gasteiger partial charge in [0.2, 0.25) is 0 Å². The monoisotopic (exact) mass is 400 g/mol. The fourth-order valence-corrected chi connectivity index (χ4v) is 5.62. The zero-order valence-electron chi connectivity index (χ0n) is 15.7. The van der Waals surface area contributed by atoms with Crippen molar-refractivity contribution in [1.29, 1.82) is 5.26 Å². The Labute approximate surface area is 167 Å². The summed E-state index contributed by atoms with van der Waals surface area (Å²) in [5.74, 6) is 0.555. The van der Waals surface area contributed by atoms with Crippen LogP contribution in [0.4, 0.5) is 0 Å². The molecule has 0 radical (unpaired) electrons. The van der Waals surface area contributed by atoms with Gasteiger partial charge in [-0.1, -0.05) is 17.7 Å². The van der Waals surface area contributed by atoms with Crippen molar-refractivity contribution in [1.82, 2.24) is 4.98 Å². The van der Waals surface area contributed by atoms with Crippen molar-refractivity contribution in [3.05, 3.63) is 52.2 Å². The molecule has 27 heavy (non-hydrogen) atoms. The van der Waals surface area contributed by atoms with Gasteiger partial charge in [0.15, 0.2) is 0 Å². The van der Waals surface area contributed by atoms with Gasteiger partial charge in [-0.2, -0.15) is 5.26 Å². The minimum absolute atomic E-state index is 0.182. The van der Waals surface area contributed by atoms with E-state index in [1.165, 1.54) is 17.3 Å². The van der Waals surface area contributed by atoms with Gasteiger partial charge in [-0.05, 0) is 62.8 Å². The number of hydrogen-bond acceptors (Lipinski definition) is 5. The van der Waals surface area contributed by atoms with Gasteiger partial charge < -0.3 is 5.11 Å². The molecule has 142 valence electrons. The Morgan fingerprint density at radius 2 is 1.89 bits per heavy atom. The van der Waals surface area contributed by atoms with Crippen molar-refractivity contribution < 1.29 is 9.32 Å². The van der Waals surface area contributed by atoms with Gasteiger partial charge in [0.05, 0.1) is 28.2 Å². The van der Waals surface area contributed by atoms with Crippen LogP contribution in [0.2, 0.25) is 0 Å². The number of hydrogen-bond donors (Lipinski definition) is 1. The van der Waals surface area contributed by atoms with E-state index < -0.39 is 16.9 Å². The molecule has 0 amide bonds. The number of aromatic nitrogens is 1. The van der Waals surface area contributed by atoms with Crippen LogP contribution in [0.3, 0.4) is 0 Å². The van der Waals surface area contributed by atoms with Gasteiger partial charge in [0, 0.05) is 16.3 Å². The Morgan fingerprint density at radius 1 is 1.22 bits per heavy atom. The maximum atomic E-state index is 12.4. The average molecular weight is 401 g/mol. The largest absolute Gasteiger partial charge is 0.391 e. The minimum atomic E-state index is -1.24. The van der Waals surface area contributed by atoms with E-state index in [4.69, 9.17) is 0 Å². The van der Waals surface area contributed by atoms with E-state index in [9.17, 15) is 14.6 Å². The van der Waals surface area contributed by atoms with E-state index in [0.717, 1.165) is 47.4 Å². The minimum Gasteiger partial charge on any atom is -0.391 e. The smallest absolute Gasteiger partial charge is 0.114 e. The van der Waals surface area contributed by atoms with Crippen LogP contribution in [-0.2, 0) is 23.6 Å². The second-order valence-electron chi connectivity index (χ2n) is 6.94. The van der Waals surface area contributed by atoms with Gasteiger partial charge in [-0.15, -0.1) is 11.8 Å². The van der Waals surface area contributed by atoms with Gasteiger partial charge >= 0.3 is 0 Å². The lowest BCUT2D eigenvalue weighted by molar-refractivity contribution is 0.224. The van der Waals surface area contributed by atoms with Crippen molar-refractivity contribution in [2.75, 3.05) is 11.5 Å². The number of nitrogens with zero attached hydrogens (tertiary/aromatic N) is 2. The van der Waals surface area contributed by atoms with E-state index >= 15 is 0 Å². The van der Waals surface area contributed by atoms with Crippen LogP contribution in [0, 0.1) is 25.2 Å². The first kappa shape index (κ1) is 20.1. The molecule has 0 bridgehead atoms. The molecule has 1 heterocycles. The lowest BCUT2D eigenvalue weighted by Gasteiger charge is -2.21. The molecular formula is C21H24N2O2S2. The Balaban J connectivity index is 1.67.